The summed E-state index contributed by atoms with van der Waals surface area (Å²) < 4.78 is 28.7. The number of rotatable bonds is 1. The van der Waals surface area contributed by atoms with E-state index in [0.717, 1.165) is 6.07 Å². The first-order valence-corrected chi connectivity index (χ1v) is 5.67. The molecule has 0 bridgehead atoms. The molecule has 0 atom stereocenters. The summed E-state index contributed by atoms with van der Waals surface area (Å²) in [5, 5.41) is 9.21. The van der Waals surface area contributed by atoms with E-state index in [9.17, 15) is 13.9 Å². The van der Waals surface area contributed by atoms with Crippen molar-refractivity contribution in [2.75, 3.05) is 0 Å². The molecule has 0 unspecified atom stereocenters. The van der Waals surface area contributed by atoms with E-state index < -0.39 is 5.82 Å². The predicted molar refractivity (Wildman–Crippen MR) is 67.7 cm³/mol. The Morgan fingerprint density at radius 3 is 2.63 bits per heavy atom. The van der Waals surface area contributed by atoms with Crippen LogP contribution in [0.4, 0.5) is 8.78 Å². The highest BCUT2D eigenvalue weighted by Gasteiger charge is 2.14. The molecule has 19 heavy (non-hydrogen) atoms. The quantitative estimate of drug-likeness (QED) is 0.729. The Labute approximate surface area is 107 Å². The Morgan fingerprint density at radius 2 is 1.89 bits per heavy atom. The standard InChI is InChI=1S/C14H10F2N2O/c1-18-13-5-2-8(15)6-12(13)17-14(18)10-4-3-9(19)7-11(10)16/h2-7,19H,1H3. The number of benzene rings is 2. The summed E-state index contributed by atoms with van der Waals surface area (Å²) in [5.74, 6) is -0.716. The smallest absolute Gasteiger partial charge is 0.143 e. The van der Waals surface area contributed by atoms with Crippen molar-refractivity contribution >= 4 is 11.0 Å². The van der Waals surface area contributed by atoms with Gasteiger partial charge in [-0.3, -0.25) is 0 Å². The molecule has 0 radical (unpaired) electrons. The molecule has 0 saturated heterocycles. The Morgan fingerprint density at radius 1 is 1.11 bits per heavy atom. The molecule has 0 aliphatic heterocycles. The summed E-state index contributed by atoms with van der Waals surface area (Å²) in [7, 11) is 1.73. The molecule has 0 spiro atoms. The highest BCUT2D eigenvalue weighted by Crippen LogP contribution is 2.28. The van der Waals surface area contributed by atoms with E-state index in [1.807, 2.05) is 0 Å². The number of aromatic hydroxyl groups is 1. The van der Waals surface area contributed by atoms with Crippen molar-refractivity contribution < 1.29 is 13.9 Å². The lowest BCUT2D eigenvalue weighted by molar-refractivity contribution is 0.469. The average molecular weight is 260 g/mol. The lowest BCUT2D eigenvalue weighted by Crippen LogP contribution is -1.94. The second-order valence-electron chi connectivity index (χ2n) is 4.29. The summed E-state index contributed by atoms with van der Waals surface area (Å²) in [6, 6.07) is 8.09. The lowest BCUT2D eigenvalue weighted by atomic mass is 10.2. The Balaban J connectivity index is 2.27. The van der Waals surface area contributed by atoms with E-state index in [0.29, 0.717) is 16.9 Å². The Kier molecular flexibility index (Phi) is 2.48. The van der Waals surface area contributed by atoms with Crippen molar-refractivity contribution in [3.63, 3.8) is 0 Å². The van der Waals surface area contributed by atoms with Crippen LogP contribution in [-0.2, 0) is 7.05 Å². The van der Waals surface area contributed by atoms with Gasteiger partial charge in [0.2, 0.25) is 0 Å². The summed E-state index contributed by atoms with van der Waals surface area (Å²) in [5.41, 5.74) is 1.44. The molecule has 0 aliphatic rings. The number of phenols is 1. The number of halogens is 2. The van der Waals surface area contributed by atoms with Crippen molar-refractivity contribution in [3.05, 3.63) is 48.0 Å². The van der Waals surface area contributed by atoms with Gasteiger partial charge in [0.1, 0.15) is 23.2 Å². The first-order valence-electron chi connectivity index (χ1n) is 5.67. The second-order valence-corrected chi connectivity index (χ2v) is 4.29. The first-order chi connectivity index (χ1) is 9.06. The summed E-state index contributed by atoms with van der Waals surface area (Å²) in [4.78, 5) is 4.24. The zero-order chi connectivity index (χ0) is 13.6. The van der Waals surface area contributed by atoms with Crippen LogP contribution >= 0.6 is 0 Å². The molecular weight excluding hydrogens is 250 g/mol. The maximum atomic E-state index is 13.8. The van der Waals surface area contributed by atoms with Crippen LogP contribution in [0.3, 0.4) is 0 Å². The predicted octanol–water partition coefficient (Wildman–Crippen LogP) is 3.22. The molecule has 5 heteroatoms. The molecule has 2 aromatic carbocycles. The van der Waals surface area contributed by atoms with Gasteiger partial charge in [0, 0.05) is 19.2 Å². The van der Waals surface area contributed by atoms with Crippen molar-refractivity contribution in [1.82, 2.24) is 9.55 Å². The molecule has 3 aromatic rings. The molecule has 0 saturated carbocycles. The number of fused-ring (bicyclic) bond motifs is 1. The van der Waals surface area contributed by atoms with Crippen molar-refractivity contribution in [1.29, 1.82) is 0 Å². The van der Waals surface area contributed by atoms with Gasteiger partial charge in [0.15, 0.2) is 0 Å². The van der Waals surface area contributed by atoms with Crippen LogP contribution in [0.25, 0.3) is 22.4 Å². The fourth-order valence-corrected chi connectivity index (χ4v) is 2.10. The van der Waals surface area contributed by atoms with E-state index in [1.54, 1.807) is 17.7 Å². The van der Waals surface area contributed by atoms with Crippen LogP contribution in [0, 0.1) is 11.6 Å². The van der Waals surface area contributed by atoms with E-state index in [-0.39, 0.29) is 17.1 Å². The first kappa shape index (κ1) is 11.6. The number of nitrogens with zero attached hydrogens (tertiary/aromatic N) is 2. The molecular formula is C14H10F2N2O. The monoisotopic (exact) mass is 260 g/mol. The zero-order valence-corrected chi connectivity index (χ0v) is 10.1. The largest absolute Gasteiger partial charge is 0.508 e. The number of aromatic nitrogens is 2. The minimum Gasteiger partial charge on any atom is -0.508 e. The zero-order valence-electron chi connectivity index (χ0n) is 10.1. The maximum Gasteiger partial charge on any atom is 0.143 e. The molecule has 1 heterocycles. The Hall–Kier alpha value is -2.43. The second kappa shape index (κ2) is 4.05. The van der Waals surface area contributed by atoms with Crippen molar-refractivity contribution in [2.24, 2.45) is 7.05 Å². The Bertz CT molecular complexity index is 780. The molecule has 1 N–H and O–H groups in total. The highest BCUT2D eigenvalue weighted by atomic mass is 19.1. The fourth-order valence-electron chi connectivity index (χ4n) is 2.10. The number of hydrogen-bond acceptors (Lipinski definition) is 2. The molecule has 0 aliphatic carbocycles. The fraction of sp³-hybridized carbons (Fsp3) is 0.0714. The van der Waals surface area contributed by atoms with Crippen molar-refractivity contribution in [2.45, 2.75) is 0 Å². The maximum absolute atomic E-state index is 13.8. The number of aryl methyl sites for hydroxylation is 1. The van der Waals surface area contributed by atoms with Gasteiger partial charge in [-0.05, 0) is 24.3 Å². The molecule has 3 nitrogen and oxygen atoms in total. The SMILES string of the molecule is Cn1c(-c2ccc(O)cc2F)nc2cc(F)ccc21. The molecule has 0 amide bonds. The van der Waals surface area contributed by atoms with Gasteiger partial charge < -0.3 is 9.67 Å². The van der Waals surface area contributed by atoms with Gasteiger partial charge in [-0.1, -0.05) is 0 Å². The molecule has 3 rings (SSSR count). The third-order valence-electron chi connectivity index (χ3n) is 3.04. The third-order valence-corrected chi connectivity index (χ3v) is 3.04. The minimum atomic E-state index is -0.570. The van der Waals surface area contributed by atoms with Crippen LogP contribution in [-0.4, -0.2) is 14.7 Å². The van der Waals surface area contributed by atoms with E-state index in [4.69, 9.17) is 0 Å². The van der Waals surface area contributed by atoms with Crippen LogP contribution in [0.2, 0.25) is 0 Å². The molecule has 96 valence electrons. The van der Waals surface area contributed by atoms with E-state index in [2.05, 4.69) is 4.98 Å². The van der Waals surface area contributed by atoms with Gasteiger partial charge in [0.25, 0.3) is 0 Å². The van der Waals surface area contributed by atoms with E-state index in [1.165, 1.54) is 24.3 Å². The minimum absolute atomic E-state index is 0.147. The number of hydrogen-bond donors (Lipinski definition) is 1. The van der Waals surface area contributed by atoms with Crippen LogP contribution in [0.1, 0.15) is 0 Å². The number of imidazole rings is 1. The van der Waals surface area contributed by atoms with Crippen LogP contribution in [0.15, 0.2) is 36.4 Å². The lowest BCUT2D eigenvalue weighted by Gasteiger charge is -2.04. The number of phenolic OH excluding ortho intramolecular Hbond substituents is 1. The summed E-state index contributed by atoms with van der Waals surface area (Å²) in [6.07, 6.45) is 0. The molecule has 1 aromatic heterocycles. The normalized spacial score (nSPS) is 11.1. The topological polar surface area (TPSA) is 38.0 Å². The van der Waals surface area contributed by atoms with Crippen LogP contribution < -0.4 is 0 Å². The van der Waals surface area contributed by atoms with Gasteiger partial charge in [-0.25, -0.2) is 13.8 Å². The van der Waals surface area contributed by atoms with Crippen molar-refractivity contribution in [3.8, 4) is 17.1 Å². The van der Waals surface area contributed by atoms with Gasteiger partial charge in [-0.15, -0.1) is 0 Å². The van der Waals surface area contributed by atoms with Crippen LogP contribution in [0.5, 0.6) is 5.75 Å². The third kappa shape index (κ3) is 1.83. The average Bonchev–Trinajstić information content (AvgIpc) is 2.66. The summed E-state index contributed by atoms with van der Waals surface area (Å²) in [6.45, 7) is 0. The van der Waals surface area contributed by atoms with Gasteiger partial charge >= 0.3 is 0 Å². The van der Waals surface area contributed by atoms with Gasteiger partial charge in [-0.2, -0.15) is 0 Å². The van der Waals surface area contributed by atoms with Gasteiger partial charge in [0.05, 0.1) is 16.6 Å². The molecule has 0 fully saturated rings. The highest BCUT2D eigenvalue weighted by molar-refractivity contribution is 5.80. The summed E-state index contributed by atoms with van der Waals surface area (Å²) >= 11 is 0. The van der Waals surface area contributed by atoms with E-state index >= 15 is 0 Å².